The number of rotatable bonds is 1. The fraction of sp³-hybridized carbons (Fsp3) is 0.385. The first-order valence-electron chi connectivity index (χ1n) is 5.78. The summed E-state index contributed by atoms with van der Waals surface area (Å²) >= 11 is 0. The number of methoxy groups -OCH3 is 1. The Bertz CT molecular complexity index is 498. The first kappa shape index (κ1) is 10.5. The normalized spacial score (nSPS) is 26.1. The van der Waals surface area contributed by atoms with Crippen LogP contribution in [0.15, 0.2) is 40.1 Å². The largest absolute Gasteiger partial charge is 0.468 e. The summed E-state index contributed by atoms with van der Waals surface area (Å²) in [6, 6.07) is -0.230. The number of carbonyl (C=O) groups excluding carboxylic acids is 1. The topological polar surface area (TPSA) is 50.7 Å². The van der Waals surface area contributed by atoms with Gasteiger partial charge in [-0.05, 0) is 23.6 Å². The van der Waals surface area contributed by atoms with Gasteiger partial charge in [-0.2, -0.15) is 0 Å². The number of esters is 1. The van der Waals surface area contributed by atoms with Crippen molar-refractivity contribution in [2.45, 2.75) is 18.9 Å². The molecule has 0 aromatic carbocycles. The number of aliphatic imine (C=N–C) groups is 1. The van der Waals surface area contributed by atoms with Crippen LogP contribution in [-0.2, 0) is 9.53 Å². The Morgan fingerprint density at radius 3 is 3.24 bits per heavy atom. The van der Waals surface area contributed by atoms with Crippen LogP contribution in [0.4, 0.5) is 0 Å². The van der Waals surface area contributed by atoms with Gasteiger partial charge in [0.2, 0.25) is 0 Å². The molecule has 0 spiro atoms. The molecule has 0 aromatic heterocycles. The van der Waals surface area contributed by atoms with Crippen LogP contribution in [0, 0.1) is 0 Å². The van der Waals surface area contributed by atoms with Crippen LogP contribution in [0.2, 0.25) is 0 Å². The van der Waals surface area contributed by atoms with Crippen molar-refractivity contribution in [3.05, 3.63) is 35.1 Å². The van der Waals surface area contributed by atoms with Gasteiger partial charge in [0.1, 0.15) is 6.04 Å². The Balaban J connectivity index is 1.91. The molecule has 0 aromatic rings. The van der Waals surface area contributed by atoms with Crippen LogP contribution in [0.5, 0.6) is 0 Å². The van der Waals surface area contributed by atoms with Crippen molar-refractivity contribution >= 4 is 11.7 Å². The molecule has 1 unspecified atom stereocenters. The number of ether oxygens (including phenoxy) is 1. The van der Waals surface area contributed by atoms with E-state index in [2.05, 4.69) is 16.4 Å². The molecule has 3 rings (SSSR count). The quantitative estimate of drug-likeness (QED) is 0.687. The highest BCUT2D eigenvalue weighted by Crippen LogP contribution is 2.34. The maximum Gasteiger partial charge on any atom is 0.323 e. The van der Waals surface area contributed by atoms with Gasteiger partial charge in [-0.15, -0.1) is 0 Å². The molecular formula is C13H14N2O2. The smallest absolute Gasteiger partial charge is 0.323 e. The van der Waals surface area contributed by atoms with Gasteiger partial charge in [0.15, 0.2) is 0 Å². The van der Waals surface area contributed by atoms with Gasteiger partial charge >= 0.3 is 5.97 Å². The molecule has 1 N–H and O–H groups in total. The Hall–Kier alpha value is -1.68. The monoisotopic (exact) mass is 230 g/mol. The third-order valence-corrected chi connectivity index (χ3v) is 3.40. The van der Waals surface area contributed by atoms with Crippen molar-refractivity contribution in [3.8, 4) is 0 Å². The molecule has 1 saturated heterocycles. The Labute approximate surface area is 99.8 Å². The van der Waals surface area contributed by atoms with Crippen LogP contribution >= 0.6 is 0 Å². The first-order valence-corrected chi connectivity index (χ1v) is 5.78. The van der Waals surface area contributed by atoms with E-state index in [1.54, 1.807) is 0 Å². The molecule has 4 heteroatoms. The molecule has 1 atom stereocenters. The standard InChI is InChI=1S/C13H14N2O2/c1-17-13(16)11-6-9-8-4-2-3-5-10(8)15-12(9)7-14-11/h2-3,5,11,14H,4,6-7H2,1H3. The van der Waals surface area contributed by atoms with Crippen LogP contribution < -0.4 is 5.32 Å². The second kappa shape index (κ2) is 3.96. The van der Waals surface area contributed by atoms with E-state index in [1.807, 2.05) is 12.2 Å². The predicted octanol–water partition coefficient (Wildman–Crippen LogP) is 1.12. The average molecular weight is 230 g/mol. The van der Waals surface area contributed by atoms with Gasteiger partial charge in [0.05, 0.1) is 18.5 Å². The Morgan fingerprint density at radius 2 is 2.41 bits per heavy atom. The molecule has 17 heavy (non-hydrogen) atoms. The van der Waals surface area contributed by atoms with E-state index in [0.29, 0.717) is 13.0 Å². The predicted molar refractivity (Wildman–Crippen MR) is 64.7 cm³/mol. The molecule has 3 aliphatic rings. The van der Waals surface area contributed by atoms with Crippen molar-refractivity contribution in [1.82, 2.24) is 5.32 Å². The van der Waals surface area contributed by atoms with E-state index in [9.17, 15) is 4.79 Å². The minimum Gasteiger partial charge on any atom is -0.468 e. The molecule has 0 saturated carbocycles. The highest BCUT2D eigenvalue weighted by Gasteiger charge is 2.33. The molecule has 0 radical (unpaired) electrons. The van der Waals surface area contributed by atoms with Gasteiger partial charge in [-0.3, -0.25) is 15.1 Å². The van der Waals surface area contributed by atoms with Crippen molar-refractivity contribution in [2.75, 3.05) is 13.7 Å². The highest BCUT2D eigenvalue weighted by molar-refractivity contribution is 6.08. The van der Waals surface area contributed by atoms with Gasteiger partial charge in [0, 0.05) is 13.0 Å². The van der Waals surface area contributed by atoms with Gasteiger partial charge < -0.3 is 4.74 Å². The number of hydrogen-bond donors (Lipinski definition) is 1. The molecular weight excluding hydrogens is 216 g/mol. The molecule has 2 aliphatic heterocycles. The fourth-order valence-corrected chi connectivity index (χ4v) is 2.51. The third-order valence-electron chi connectivity index (χ3n) is 3.40. The summed E-state index contributed by atoms with van der Waals surface area (Å²) in [5, 5.41) is 3.16. The van der Waals surface area contributed by atoms with Crippen molar-refractivity contribution < 1.29 is 9.53 Å². The van der Waals surface area contributed by atoms with Gasteiger partial charge in [-0.1, -0.05) is 12.2 Å². The maximum absolute atomic E-state index is 11.5. The third kappa shape index (κ3) is 1.65. The maximum atomic E-state index is 11.5. The molecule has 0 amide bonds. The second-order valence-corrected chi connectivity index (χ2v) is 4.36. The first-order chi connectivity index (χ1) is 8.29. The van der Waals surface area contributed by atoms with E-state index >= 15 is 0 Å². The van der Waals surface area contributed by atoms with Crippen LogP contribution in [0.1, 0.15) is 12.8 Å². The molecule has 1 fully saturated rings. The second-order valence-electron chi connectivity index (χ2n) is 4.36. The number of hydrogen-bond acceptors (Lipinski definition) is 4. The lowest BCUT2D eigenvalue weighted by Crippen LogP contribution is -2.45. The average Bonchev–Trinajstić information content (AvgIpc) is 2.75. The SMILES string of the molecule is COC(=O)C1CC2=C3CC=CC=C3N=C2CN1. The number of nitrogens with one attached hydrogen (secondary N) is 1. The minimum atomic E-state index is -0.230. The number of carbonyl (C=O) groups is 1. The van der Waals surface area contributed by atoms with Crippen LogP contribution in [0.3, 0.4) is 0 Å². The summed E-state index contributed by atoms with van der Waals surface area (Å²) in [6.45, 7) is 0.649. The summed E-state index contributed by atoms with van der Waals surface area (Å²) in [7, 11) is 1.43. The van der Waals surface area contributed by atoms with E-state index in [0.717, 1.165) is 17.8 Å². The van der Waals surface area contributed by atoms with Gasteiger partial charge in [-0.25, -0.2) is 0 Å². The minimum absolute atomic E-state index is 0.194. The van der Waals surface area contributed by atoms with Crippen LogP contribution in [-0.4, -0.2) is 31.4 Å². The van der Waals surface area contributed by atoms with Gasteiger partial charge in [0.25, 0.3) is 0 Å². The number of piperidine rings is 1. The number of nitrogens with zero attached hydrogens (tertiary/aromatic N) is 1. The van der Waals surface area contributed by atoms with Crippen LogP contribution in [0.25, 0.3) is 0 Å². The highest BCUT2D eigenvalue weighted by atomic mass is 16.5. The lowest BCUT2D eigenvalue weighted by Gasteiger charge is -2.24. The molecule has 0 bridgehead atoms. The van der Waals surface area contributed by atoms with Crippen molar-refractivity contribution in [2.24, 2.45) is 4.99 Å². The lowest BCUT2D eigenvalue weighted by atomic mass is 9.91. The zero-order valence-corrected chi connectivity index (χ0v) is 9.69. The lowest BCUT2D eigenvalue weighted by molar-refractivity contribution is -0.143. The Morgan fingerprint density at radius 1 is 1.53 bits per heavy atom. The number of allylic oxidation sites excluding steroid dienone is 4. The summed E-state index contributed by atoms with van der Waals surface area (Å²) in [5.41, 5.74) is 4.65. The summed E-state index contributed by atoms with van der Waals surface area (Å²) in [6.07, 6.45) is 7.80. The molecule has 88 valence electrons. The Kier molecular flexibility index (Phi) is 2.44. The number of fused-ring (bicyclic) bond motifs is 2. The zero-order chi connectivity index (χ0) is 11.8. The summed E-state index contributed by atoms with van der Waals surface area (Å²) < 4.78 is 4.78. The summed E-state index contributed by atoms with van der Waals surface area (Å²) in [5.74, 6) is -0.194. The van der Waals surface area contributed by atoms with Crippen molar-refractivity contribution in [1.29, 1.82) is 0 Å². The van der Waals surface area contributed by atoms with E-state index in [-0.39, 0.29) is 12.0 Å². The van der Waals surface area contributed by atoms with E-state index in [4.69, 9.17) is 4.74 Å². The molecule has 2 heterocycles. The summed E-state index contributed by atoms with van der Waals surface area (Å²) in [4.78, 5) is 16.1. The van der Waals surface area contributed by atoms with Crippen molar-refractivity contribution in [3.63, 3.8) is 0 Å². The van der Waals surface area contributed by atoms with E-state index in [1.165, 1.54) is 18.3 Å². The van der Waals surface area contributed by atoms with E-state index < -0.39 is 0 Å². The molecule has 4 nitrogen and oxygen atoms in total. The fourth-order valence-electron chi connectivity index (χ4n) is 2.51. The molecule has 1 aliphatic carbocycles. The zero-order valence-electron chi connectivity index (χ0n) is 9.69.